The highest BCUT2D eigenvalue weighted by atomic mass is 35.5. The topological polar surface area (TPSA) is 86.5 Å². The number of fused-ring (bicyclic) bond motifs is 1. The van der Waals surface area contributed by atoms with Crippen LogP contribution in [0.3, 0.4) is 0 Å². The smallest absolute Gasteiger partial charge is 0.271 e. The second-order valence-corrected chi connectivity index (χ2v) is 9.66. The Morgan fingerprint density at radius 2 is 1.84 bits per heavy atom. The van der Waals surface area contributed by atoms with Gasteiger partial charge in [-0.15, -0.1) is 4.21 Å². The van der Waals surface area contributed by atoms with Crippen molar-refractivity contribution in [2.24, 2.45) is 0 Å². The molecule has 0 spiro atoms. The number of halogens is 1. The molecule has 0 aliphatic rings. The monoisotopic (exact) mass is 453 g/mol. The highest BCUT2D eigenvalue weighted by molar-refractivity contribution is 7.97. The molecule has 0 bridgehead atoms. The second-order valence-electron chi connectivity index (χ2n) is 7.21. The van der Waals surface area contributed by atoms with Gasteiger partial charge in [-0.2, -0.15) is 5.10 Å². The summed E-state index contributed by atoms with van der Waals surface area (Å²) < 4.78 is 25.1. The van der Waals surface area contributed by atoms with E-state index in [9.17, 15) is 13.6 Å². The van der Waals surface area contributed by atoms with E-state index in [1.807, 2.05) is 36.4 Å². The highest BCUT2D eigenvalue weighted by Crippen LogP contribution is 2.27. The molecule has 1 atom stereocenters. The molecule has 4 aromatic rings. The molecule has 6 nitrogen and oxygen atoms in total. The van der Waals surface area contributed by atoms with Crippen LogP contribution in [0.4, 0.5) is 0 Å². The van der Waals surface area contributed by atoms with E-state index in [1.54, 1.807) is 41.0 Å². The number of hydrogen-bond acceptors (Lipinski definition) is 4. The lowest BCUT2D eigenvalue weighted by molar-refractivity contribution is 0.0948. The summed E-state index contributed by atoms with van der Waals surface area (Å²) in [5.41, 5.74) is 3.77. The van der Waals surface area contributed by atoms with Crippen molar-refractivity contribution >= 4 is 33.2 Å². The van der Waals surface area contributed by atoms with Crippen LogP contribution < -0.4 is 5.32 Å². The molecule has 1 unspecified atom stereocenters. The van der Waals surface area contributed by atoms with Crippen molar-refractivity contribution in [2.45, 2.75) is 11.3 Å². The molecule has 2 aromatic carbocycles. The molecule has 0 aliphatic heterocycles. The number of hydrogen-bond donors (Lipinski definition) is 1. The van der Waals surface area contributed by atoms with Crippen LogP contribution >= 0.6 is 11.6 Å². The molecule has 2 aromatic heterocycles. The van der Waals surface area contributed by atoms with E-state index >= 15 is 0 Å². The molecule has 31 heavy (non-hydrogen) atoms. The SMILES string of the molecule is C[S+](=O)([O-])c1ccc(-c2cc(C(=O)NCCc3ccc(Cl)cc3)nn3cccc23)cc1. The van der Waals surface area contributed by atoms with Crippen LogP contribution in [0, 0.1) is 0 Å². The normalized spacial score (nSPS) is 13.1. The van der Waals surface area contributed by atoms with Gasteiger partial charge in [-0.1, -0.05) is 23.7 Å². The average molecular weight is 454 g/mol. The van der Waals surface area contributed by atoms with Gasteiger partial charge in [-0.3, -0.25) is 4.79 Å². The number of benzene rings is 2. The number of aromatic nitrogens is 2. The fraction of sp³-hybridized carbons (Fsp3) is 0.130. The first-order valence-electron chi connectivity index (χ1n) is 9.63. The molecule has 0 radical (unpaired) electrons. The molecule has 0 fully saturated rings. The van der Waals surface area contributed by atoms with Crippen molar-refractivity contribution in [2.75, 3.05) is 12.8 Å². The van der Waals surface area contributed by atoms with Gasteiger partial charge in [0.25, 0.3) is 5.91 Å². The van der Waals surface area contributed by atoms with Gasteiger partial charge >= 0.3 is 0 Å². The molecule has 2 heterocycles. The minimum atomic E-state index is -3.28. The maximum Gasteiger partial charge on any atom is 0.271 e. The number of rotatable bonds is 6. The Hall–Kier alpha value is -3.00. The summed E-state index contributed by atoms with van der Waals surface area (Å²) in [7, 11) is -3.28. The molecule has 0 aliphatic carbocycles. The van der Waals surface area contributed by atoms with Gasteiger partial charge in [0.05, 0.1) is 15.7 Å². The largest absolute Gasteiger partial charge is 0.610 e. The van der Waals surface area contributed by atoms with Crippen LogP contribution in [0.5, 0.6) is 0 Å². The van der Waals surface area contributed by atoms with Crippen LogP contribution in [0.25, 0.3) is 16.6 Å². The van der Waals surface area contributed by atoms with Gasteiger partial charge < -0.3 is 9.87 Å². The summed E-state index contributed by atoms with van der Waals surface area (Å²) >= 11 is 5.90. The zero-order chi connectivity index (χ0) is 22.0. The number of amides is 1. The maximum absolute atomic E-state index is 12.7. The van der Waals surface area contributed by atoms with Crippen LogP contribution in [-0.4, -0.2) is 32.9 Å². The van der Waals surface area contributed by atoms with Gasteiger partial charge in [-0.25, -0.2) is 4.52 Å². The lowest BCUT2D eigenvalue weighted by Gasteiger charge is -2.11. The summed E-state index contributed by atoms with van der Waals surface area (Å²) in [5.74, 6) is -0.279. The number of sulfone groups is 1. The first-order chi connectivity index (χ1) is 14.8. The Kier molecular flexibility index (Phi) is 5.91. The van der Waals surface area contributed by atoms with E-state index in [1.165, 1.54) is 6.26 Å². The zero-order valence-electron chi connectivity index (χ0n) is 16.7. The van der Waals surface area contributed by atoms with E-state index in [0.717, 1.165) is 22.2 Å². The van der Waals surface area contributed by atoms with Gasteiger partial charge in [0.1, 0.15) is 11.9 Å². The van der Waals surface area contributed by atoms with Crippen LogP contribution in [0.1, 0.15) is 16.1 Å². The Bertz CT molecular complexity index is 1280. The number of nitrogens with zero attached hydrogens (tertiary/aromatic N) is 2. The molecule has 0 saturated heterocycles. The van der Waals surface area contributed by atoms with Gasteiger partial charge in [0.15, 0.2) is 4.90 Å². The van der Waals surface area contributed by atoms with Crippen molar-refractivity contribution in [3.63, 3.8) is 0 Å². The molecular formula is C23H20ClN3O3S. The first kappa shape index (κ1) is 21.2. The van der Waals surface area contributed by atoms with Gasteiger partial charge in [-0.05, 0) is 72.1 Å². The quantitative estimate of drug-likeness (QED) is 0.442. The zero-order valence-corrected chi connectivity index (χ0v) is 18.3. The Labute approximate surface area is 186 Å². The highest BCUT2D eigenvalue weighted by Gasteiger charge is 2.16. The summed E-state index contributed by atoms with van der Waals surface area (Å²) in [5, 5.41) is 7.98. The minimum Gasteiger partial charge on any atom is -0.610 e. The fourth-order valence-electron chi connectivity index (χ4n) is 3.31. The summed E-state index contributed by atoms with van der Waals surface area (Å²) in [6.45, 7) is 0.463. The lowest BCUT2D eigenvalue weighted by Crippen LogP contribution is -2.27. The second kappa shape index (κ2) is 8.63. The molecule has 4 rings (SSSR count). The van der Waals surface area contributed by atoms with Crippen molar-refractivity contribution in [3.8, 4) is 11.1 Å². The molecule has 0 saturated carbocycles. The average Bonchev–Trinajstić information content (AvgIpc) is 3.22. The maximum atomic E-state index is 12.7. The van der Waals surface area contributed by atoms with E-state index in [4.69, 9.17) is 11.6 Å². The van der Waals surface area contributed by atoms with E-state index in [0.29, 0.717) is 18.0 Å². The lowest BCUT2D eigenvalue weighted by atomic mass is 10.1. The Balaban J connectivity index is 1.57. The third-order valence-electron chi connectivity index (χ3n) is 4.94. The predicted molar refractivity (Wildman–Crippen MR) is 121 cm³/mol. The van der Waals surface area contributed by atoms with Crippen molar-refractivity contribution in [1.29, 1.82) is 0 Å². The van der Waals surface area contributed by atoms with Crippen LogP contribution in [0.15, 0.2) is 77.8 Å². The fourth-order valence-corrected chi connectivity index (χ4v) is 4.07. The number of carbonyl (C=O) groups excluding carboxylic acids is 1. The van der Waals surface area contributed by atoms with Gasteiger partial charge in [0.2, 0.25) is 0 Å². The number of carbonyl (C=O) groups is 1. The minimum absolute atomic E-state index is 0.247. The third-order valence-corrected chi connectivity index (χ3v) is 6.32. The van der Waals surface area contributed by atoms with Crippen LogP contribution in [0.2, 0.25) is 5.02 Å². The van der Waals surface area contributed by atoms with Crippen molar-refractivity contribution < 1.29 is 13.6 Å². The van der Waals surface area contributed by atoms with Gasteiger partial charge in [0, 0.05) is 23.3 Å². The molecule has 1 amide bonds. The molecule has 158 valence electrons. The summed E-state index contributed by atoms with van der Waals surface area (Å²) in [4.78, 5) is 13.0. The van der Waals surface area contributed by atoms with E-state index in [-0.39, 0.29) is 16.5 Å². The summed E-state index contributed by atoms with van der Waals surface area (Å²) in [6, 6.07) is 19.6. The first-order valence-corrected chi connectivity index (χ1v) is 11.9. The van der Waals surface area contributed by atoms with E-state index < -0.39 is 10.2 Å². The van der Waals surface area contributed by atoms with Crippen LogP contribution in [-0.2, 0) is 20.8 Å². The molecule has 8 heteroatoms. The number of nitrogens with one attached hydrogen (secondary N) is 1. The Morgan fingerprint density at radius 3 is 2.52 bits per heavy atom. The van der Waals surface area contributed by atoms with E-state index in [2.05, 4.69) is 10.4 Å². The molecule has 1 N–H and O–H groups in total. The molecular weight excluding hydrogens is 434 g/mol. The summed E-state index contributed by atoms with van der Waals surface area (Å²) in [6.07, 6.45) is 3.62. The van der Waals surface area contributed by atoms with Crippen molar-refractivity contribution in [1.82, 2.24) is 14.9 Å². The predicted octanol–water partition coefficient (Wildman–Crippen LogP) is 4.25. The Morgan fingerprint density at radius 1 is 1.13 bits per heavy atom. The van der Waals surface area contributed by atoms with Crippen molar-refractivity contribution in [3.05, 3.63) is 89.2 Å². The standard InChI is InChI=1S/C23H20ClN3O3S/c1-31(29,30)19-10-6-17(7-11-19)20-15-21(26-27-14-2-3-22(20)27)23(28)25-13-12-16-4-8-18(24)9-5-16/h2-11,14-15H,12-13H2,1H3,(H-,25,28,29,30). The third kappa shape index (κ3) is 4.85.